The number of rotatable bonds is 4. The summed E-state index contributed by atoms with van der Waals surface area (Å²) in [6.45, 7) is 3.95. The predicted molar refractivity (Wildman–Crippen MR) is 101 cm³/mol. The van der Waals surface area contributed by atoms with Crippen molar-refractivity contribution < 1.29 is 8.42 Å². The van der Waals surface area contributed by atoms with Gasteiger partial charge in [0.25, 0.3) is 0 Å². The molecule has 7 heteroatoms. The van der Waals surface area contributed by atoms with Gasteiger partial charge in [-0.25, -0.2) is 13.1 Å². The SMILES string of the molecule is Cc1cc(C)n(-c2ccc(-n3cccc3/C=C(\C#N)S(C)(=O)=O)cc2)n1. The van der Waals surface area contributed by atoms with Crippen LogP contribution in [0.1, 0.15) is 17.1 Å². The largest absolute Gasteiger partial charge is 0.317 e. The molecule has 0 aliphatic rings. The number of benzene rings is 1. The zero-order valence-electron chi connectivity index (χ0n) is 14.7. The third kappa shape index (κ3) is 3.46. The highest BCUT2D eigenvalue weighted by atomic mass is 32.2. The van der Waals surface area contributed by atoms with E-state index in [0.717, 1.165) is 29.0 Å². The lowest BCUT2D eigenvalue weighted by Gasteiger charge is -2.09. The van der Waals surface area contributed by atoms with Crippen molar-refractivity contribution in [2.75, 3.05) is 6.26 Å². The second-order valence-corrected chi connectivity index (χ2v) is 8.04. The van der Waals surface area contributed by atoms with Gasteiger partial charge in [-0.3, -0.25) is 0 Å². The van der Waals surface area contributed by atoms with Crippen molar-refractivity contribution >= 4 is 15.9 Å². The summed E-state index contributed by atoms with van der Waals surface area (Å²) in [6.07, 6.45) is 4.23. The van der Waals surface area contributed by atoms with E-state index < -0.39 is 9.84 Å². The van der Waals surface area contributed by atoms with Crippen molar-refractivity contribution in [1.82, 2.24) is 14.3 Å². The van der Waals surface area contributed by atoms with E-state index in [9.17, 15) is 8.42 Å². The zero-order chi connectivity index (χ0) is 18.9. The minimum absolute atomic E-state index is 0.267. The van der Waals surface area contributed by atoms with Gasteiger partial charge in [-0.15, -0.1) is 0 Å². The Kier molecular flexibility index (Phi) is 4.53. The molecule has 3 aromatic rings. The molecule has 0 fully saturated rings. The summed E-state index contributed by atoms with van der Waals surface area (Å²) in [6, 6.07) is 15.1. The maximum absolute atomic E-state index is 11.7. The molecule has 0 aliphatic heterocycles. The van der Waals surface area contributed by atoms with Gasteiger partial charge in [0, 0.05) is 29.5 Å². The second-order valence-electron chi connectivity index (χ2n) is 6.05. The maximum atomic E-state index is 11.7. The van der Waals surface area contributed by atoms with Gasteiger partial charge in [0.05, 0.1) is 11.4 Å². The van der Waals surface area contributed by atoms with E-state index >= 15 is 0 Å². The van der Waals surface area contributed by atoms with Gasteiger partial charge in [0.15, 0.2) is 9.84 Å². The van der Waals surface area contributed by atoms with Crippen molar-refractivity contribution in [2.24, 2.45) is 0 Å². The normalized spacial score (nSPS) is 12.2. The lowest BCUT2D eigenvalue weighted by molar-refractivity contribution is 0.609. The Balaban J connectivity index is 2.00. The topological polar surface area (TPSA) is 80.7 Å². The molecule has 0 bridgehead atoms. The van der Waals surface area contributed by atoms with Crippen LogP contribution in [0.3, 0.4) is 0 Å². The van der Waals surface area contributed by atoms with E-state index in [4.69, 9.17) is 5.26 Å². The molecule has 3 rings (SSSR count). The Morgan fingerprint density at radius 2 is 1.81 bits per heavy atom. The average molecular weight is 366 g/mol. The minimum atomic E-state index is -3.56. The van der Waals surface area contributed by atoms with Crippen LogP contribution in [-0.2, 0) is 9.84 Å². The van der Waals surface area contributed by atoms with E-state index in [1.54, 1.807) is 18.2 Å². The summed E-state index contributed by atoms with van der Waals surface area (Å²) in [5.74, 6) is 0. The molecule has 132 valence electrons. The first kappa shape index (κ1) is 17.7. The molecule has 0 saturated heterocycles. The van der Waals surface area contributed by atoms with Crippen LogP contribution in [0.2, 0.25) is 0 Å². The predicted octanol–water partition coefficient (Wildman–Crippen LogP) is 3.19. The van der Waals surface area contributed by atoms with E-state index in [-0.39, 0.29) is 4.91 Å². The van der Waals surface area contributed by atoms with Gasteiger partial charge in [0.1, 0.15) is 11.0 Å². The van der Waals surface area contributed by atoms with Gasteiger partial charge in [-0.1, -0.05) is 0 Å². The summed E-state index contributed by atoms with van der Waals surface area (Å²) >= 11 is 0. The molecule has 0 amide bonds. The Labute approximate surface area is 152 Å². The molecule has 0 radical (unpaired) electrons. The van der Waals surface area contributed by atoms with Crippen LogP contribution in [0.4, 0.5) is 0 Å². The van der Waals surface area contributed by atoms with Gasteiger partial charge < -0.3 is 4.57 Å². The lowest BCUT2D eigenvalue weighted by Crippen LogP contribution is -2.02. The minimum Gasteiger partial charge on any atom is -0.317 e. The molecular weight excluding hydrogens is 348 g/mol. The third-order valence-corrected chi connectivity index (χ3v) is 4.96. The van der Waals surface area contributed by atoms with Crippen molar-refractivity contribution in [3.8, 4) is 17.4 Å². The van der Waals surface area contributed by atoms with Gasteiger partial charge >= 0.3 is 0 Å². The second kappa shape index (κ2) is 6.65. The smallest absolute Gasteiger partial charge is 0.185 e. The number of nitriles is 1. The number of hydrogen-bond donors (Lipinski definition) is 0. The first-order valence-electron chi connectivity index (χ1n) is 7.93. The number of aromatic nitrogens is 3. The average Bonchev–Trinajstić information content (AvgIpc) is 3.17. The highest BCUT2D eigenvalue weighted by molar-refractivity contribution is 7.95. The molecular formula is C19H18N4O2S. The van der Waals surface area contributed by atoms with Crippen LogP contribution < -0.4 is 0 Å². The quantitative estimate of drug-likeness (QED) is 0.664. The Bertz CT molecular complexity index is 1130. The summed E-state index contributed by atoms with van der Waals surface area (Å²) in [5.41, 5.74) is 4.42. The molecule has 0 atom stereocenters. The van der Waals surface area contributed by atoms with Crippen LogP contribution in [-0.4, -0.2) is 29.0 Å². The van der Waals surface area contributed by atoms with Crippen LogP contribution in [0, 0.1) is 25.2 Å². The van der Waals surface area contributed by atoms with Crippen LogP contribution in [0.15, 0.2) is 53.6 Å². The van der Waals surface area contributed by atoms with Crippen LogP contribution in [0.25, 0.3) is 17.5 Å². The van der Waals surface area contributed by atoms with Crippen molar-refractivity contribution in [3.63, 3.8) is 0 Å². The summed E-state index contributed by atoms with van der Waals surface area (Å²) in [7, 11) is -3.56. The van der Waals surface area contributed by atoms with Gasteiger partial charge in [0.2, 0.25) is 0 Å². The van der Waals surface area contributed by atoms with E-state index in [1.165, 1.54) is 6.08 Å². The molecule has 0 unspecified atom stereocenters. The van der Waals surface area contributed by atoms with Gasteiger partial charge in [-0.05, 0) is 62.4 Å². The van der Waals surface area contributed by atoms with Crippen LogP contribution in [0.5, 0.6) is 0 Å². The summed E-state index contributed by atoms with van der Waals surface area (Å²) in [4.78, 5) is -0.267. The Morgan fingerprint density at radius 1 is 1.15 bits per heavy atom. The van der Waals surface area contributed by atoms with E-state index in [1.807, 2.05) is 59.6 Å². The fourth-order valence-corrected chi connectivity index (χ4v) is 3.25. The molecule has 2 heterocycles. The number of nitrogens with zero attached hydrogens (tertiary/aromatic N) is 4. The molecule has 0 saturated carbocycles. The van der Waals surface area contributed by atoms with Crippen LogP contribution >= 0.6 is 0 Å². The fraction of sp³-hybridized carbons (Fsp3) is 0.158. The van der Waals surface area contributed by atoms with E-state index in [0.29, 0.717) is 5.69 Å². The van der Waals surface area contributed by atoms with E-state index in [2.05, 4.69) is 5.10 Å². The highest BCUT2D eigenvalue weighted by Gasteiger charge is 2.12. The zero-order valence-corrected chi connectivity index (χ0v) is 15.5. The lowest BCUT2D eigenvalue weighted by atomic mass is 10.2. The van der Waals surface area contributed by atoms with Crippen molar-refractivity contribution in [3.05, 3.63) is 70.6 Å². The fourth-order valence-electron chi connectivity index (χ4n) is 2.75. The highest BCUT2D eigenvalue weighted by Crippen LogP contribution is 2.19. The number of allylic oxidation sites excluding steroid dienone is 1. The number of hydrogen-bond acceptors (Lipinski definition) is 4. The third-order valence-electron chi connectivity index (χ3n) is 3.95. The molecule has 1 aromatic carbocycles. The number of aryl methyl sites for hydroxylation is 2. The standard InChI is InChI=1S/C19H18N4O2S/c1-14-11-15(2)23(21-14)17-8-6-16(7-9-17)22-10-4-5-18(22)12-19(13-20)26(3,24)25/h4-12H,1-3H3/b19-12+. The summed E-state index contributed by atoms with van der Waals surface area (Å²) in [5, 5.41) is 13.6. The molecule has 0 N–H and O–H groups in total. The molecule has 26 heavy (non-hydrogen) atoms. The van der Waals surface area contributed by atoms with Gasteiger partial charge in [-0.2, -0.15) is 10.4 Å². The first-order valence-corrected chi connectivity index (χ1v) is 9.82. The Morgan fingerprint density at radius 3 is 2.35 bits per heavy atom. The Hall–Kier alpha value is -3.11. The van der Waals surface area contributed by atoms with Crippen molar-refractivity contribution in [2.45, 2.75) is 13.8 Å². The summed E-state index contributed by atoms with van der Waals surface area (Å²) < 4.78 is 27.0. The molecule has 6 nitrogen and oxygen atoms in total. The molecule has 2 aromatic heterocycles. The molecule has 0 spiro atoms. The van der Waals surface area contributed by atoms with Crippen molar-refractivity contribution in [1.29, 1.82) is 5.26 Å². The first-order chi connectivity index (χ1) is 12.3. The molecule has 0 aliphatic carbocycles. The number of sulfone groups is 1. The maximum Gasteiger partial charge on any atom is 0.185 e. The monoisotopic (exact) mass is 366 g/mol.